The van der Waals surface area contributed by atoms with Crippen LogP contribution in [0.1, 0.15) is 177 Å². The minimum Gasteiger partial charge on any atom is -0.311 e. The Hall–Kier alpha value is -6.94. The Morgan fingerprint density at radius 2 is 0.671 bits per heavy atom. The second kappa shape index (κ2) is 28.4. The van der Waals surface area contributed by atoms with Gasteiger partial charge in [0.1, 0.15) is 0 Å². The molecule has 2 nitrogen and oxygen atoms in total. The molecule has 0 saturated heterocycles. The zero-order valence-electron chi connectivity index (χ0n) is 50.4. The summed E-state index contributed by atoms with van der Waals surface area (Å²) >= 11 is 1.77. The van der Waals surface area contributed by atoms with Gasteiger partial charge < -0.3 is 9.80 Å². The molecule has 82 heavy (non-hydrogen) atoms. The highest BCUT2D eigenvalue weighted by molar-refractivity contribution is 7.08. The zero-order chi connectivity index (χ0) is 56.7. The smallest absolute Gasteiger partial charge is 0.0462 e. The van der Waals surface area contributed by atoms with E-state index in [9.17, 15) is 0 Å². The minimum atomic E-state index is 0.0495. The molecule has 0 aliphatic heterocycles. The first kappa shape index (κ1) is 58.3. The number of rotatable bonds is 29. The molecule has 0 saturated carbocycles. The number of hydrogen-bond acceptors (Lipinski definition) is 3. The van der Waals surface area contributed by atoms with E-state index in [-0.39, 0.29) is 5.41 Å². The van der Waals surface area contributed by atoms with Crippen LogP contribution in [0.3, 0.4) is 0 Å². The van der Waals surface area contributed by atoms with Crippen LogP contribution >= 0.6 is 11.3 Å². The highest BCUT2D eigenvalue weighted by Crippen LogP contribution is 2.55. The molecule has 1 aliphatic carbocycles. The second-order valence-corrected chi connectivity index (χ2v) is 24.5. The van der Waals surface area contributed by atoms with Crippen LogP contribution < -0.4 is 9.80 Å². The molecule has 0 amide bonds. The van der Waals surface area contributed by atoms with Crippen molar-refractivity contribution in [2.45, 2.75) is 175 Å². The van der Waals surface area contributed by atoms with Crippen molar-refractivity contribution in [1.29, 1.82) is 0 Å². The average Bonchev–Trinajstić information content (AvgIpc) is 4.29. The summed E-state index contributed by atoms with van der Waals surface area (Å²) in [5, 5.41) is 4.49. The first-order chi connectivity index (χ1) is 40.3. The highest BCUT2D eigenvalue weighted by Gasteiger charge is 2.42. The van der Waals surface area contributed by atoms with E-state index in [0.717, 1.165) is 41.3 Å². The predicted octanol–water partition coefficient (Wildman–Crippen LogP) is 24.8. The molecule has 1 aliphatic rings. The minimum absolute atomic E-state index is 0.0495. The van der Waals surface area contributed by atoms with E-state index in [4.69, 9.17) is 0 Å². The van der Waals surface area contributed by atoms with E-state index >= 15 is 0 Å². The standard InChI is InChI=1S/C79H90N2S/c1-7-11-15-17-19-21-53-79(54-22-20-18-16-12-8-2)77-55-59(5)25-51-74(77)75-52-38-67(56-78(75)79)65-34-47-72(48-35-65)80(68-39-26-61(27-40-68)23-13-9-3)70-43-30-63(31-44-70)64-32-45-71(46-33-64)81(69-41-28-62(29-42-69)24-14-10-4)73-49-36-66(37-50-73)76-58-82-57-60(76)6/h25-52,55-58H,7-24,53-54H2,1-6H3. The summed E-state index contributed by atoms with van der Waals surface area (Å²) in [6.45, 7) is 13.7. The monoisotopic (exact) mass is 1100 g/mol. The molecule has 10 rings (SSSR count). The van der Waals surface area contributed by atoms with Gasteiger partial charge in [0.25, 0.3) is 0 Å². The van der Waals surface area contributed by atoms with Gasteiger partial charge in [0.2, 0.25) is 0 Å². The maximum atomic E-state index is 2.61. The van der Waals surface area contributed by atoms with Crippen molar-refractivity contribution in [1.82, 2.24) is 0 Å². The van der Waals surface area contributed by atoms with Crippen LogP contribution in [0.15, 0.2) is 193 Å². The third-order valence-electron chi connectivity index (χ3n) is 17.8. The summed E-state index contributed by atoms with van der Waals surface area (Å²) in [6, 6.07) is 70.2. The first-order valence-corrected chi connectivity index (χ1v) is 32.7. The summed E-state index contributed by atoms with van der Waals surface area (Å²) in [7, 11) is 0. The molecule has 0 atom stereocenters. The van der Waals surface area contributed by atoms with Crippen LogP contribution in [-0.4, -0.2) is 0 Å². The zero-order valence-corrected chi connectivity index (χ0v) is 51.2. The molecular weight excluding hydrogens is 1010 g/mol. The maximum Gasteiger partial charge on any atom is 0.0462 e. The lowest BCUT2D eigenvalue weighted by Gasteiger charge is -2.33. The highest BCUT2D eigenvalue weighted by atomic mass is 32.1. The third-order valence-corrected chi connectivity index (χ3v) is 18.7. The van der Waals surface area contributed by atoms with Crippen LogP contribution in [0.2, 0.25) is 0 Å². The van der Waals surface area contributed by atoms with Gasteiger partial charge in [-0.1, -0.05) is 226 Å². The molecule has 3 heteroatoms. The summed E-state index contributed by atoms with van der Waals surface area (Å²) in [5.41, 5.74) is 26.1. The lowest BCUT2D eigenvalue weighted by atomic mass is 9.70. The lowest BCUT2D eigenvalue weighted by molar-refractivity contribution is 0.398. The topological polar surface area (TPSA) is 6.48 Å². The van der Waals surface area contributed by atoms with Crippen LogP contribution in [-0.2, 0) is 18.3 Å². The van der Waals surface area contributed by atoms with Crippen molar-refractivity contribution in [2.75, 3.05) is 9.80 Å². The Bertz CT molecular complexity index is 3380. The molecule has 0 N–H and O–H groups in total. The van der Waals surface area contributed by atoms with Gasteiger partial charge >= 0.3 is 0 Å². The molecule has 1 heterocycles. The van der Waals surface area contributed by atoms with Gasteiger partial charge in [-0.3, -0.25) is 0 Å². The van der Waals surface area contributed by atoms with E-state index in [1.54, 1.807) is 22.5 Å². The van der Waals surface area contributed by atoms with Gasteiger partial charge in [-0.15, -0.1) is 0 Å². The van der Waals surface area contributed by atoms with Gasteiger partial charge in [0.15, 0.2) is 0 Å². The molecule has 0 bridgehead atoms. The van der Waals surface area contributed by atoms with E-state index in [1.807, 2.05) is 0 Å². The molecule has 1 aromatic heterocycles. The number of aryl methyl sites for hydroxylation is 4. The summed E-state index contributed by atoms with van der Waals surface area (Å²) in [4.78, 5) is 4.83. The number of unbranched alkanes of at least 4 members (excludes halogenated alkanes) is 12. The molecule has 0 spiro atoms. The number of fused-ring (bicyclic) bond motifs is 3. The third kappa shape index (κ3) is 13.6. The Morgan fingerprint density at radius 3 is 1.09 bits per heavy atom. The molecule has 0 fully saturated rings. The molecule has 8 aromatic carbocycles. The van der Waals surface area contributed by atoms with Crippen LogP contribution in [0.4, 0.5) is 34.1 Å². The van der Waals surface area contributed by atoms with E-state index < -0.39 is 0 Å². The maximum absolute atomic E-state index is 2.61. The fraction of sp³-hybridized carbons (Fsp3) is 0.342. The molecular formula is C79H90N2S. The average molecular weight is 1100 g/mol. The molecule has 422 valence electrons. The van der Waals surface area contributed by atoms with Gasteiger partial charge in [-0.05, 0) is 214 Å². The van der Waals surface area contributed by atoms with Crippen LogP contribution in [0, 0.1) is 13.8 Å². The quantitative estimate of drug-likeness (QED) is 0.0431. The van der Waals surface area contributed by atoms with E-state index in [2.05, 4.69) is 244 Å². The van der Waals surface area contributed by atoms with Crippen molar-refractivity contribution in [3.05, 3.63) is 226 Å². The first-order valence-electron chi connectivity index (χ1n) is 31.8. The number of benzene rings is 8. The fourth-order valence-corrected chi connectivity index (χ4v) is 13.9. The van der Waals surface area contributed by atoms with Crippen LogP contribution in [0.5, 0.6) is 0 Å². The van der Waals surface area contributed by atoms with Crippen molar-refractivity contribution in [2.24, 2.45) is 0 Å². The van der Waals surface area contributed by atoms with Crippen molar-refractivity contribution < 1.29 is 0 Å². The molecule has 9 aromatic rings. The van der Waals surface area contributed by atoms with E-state index in [1.165, 1.54) is 188 Å². The number of anilines is 6. The normalized spacial score (nSPS) is 12.4. The lowest BCUT2D eigenvalue weighted by Crippen LogP contribution is -2.25. The van der Waals surface area contributed by atoms with E-state index in [0.29, 0.717) is 0 Å². The van der Waals surface area contributed by atoms with Crippen molar-refractivity contribution in [3.63, 3.8) is 0 Å². The summed E-state index contributed by atoms with van der Waals surface area (Å²) in [6.07, 6.45) is 25.4. The molecule has 0 unspecified atom stereocenters. The largest absolute Gasteiger partial charge is 0.311 e. The predicted molar refractivity (Wildman–Crippen MR) is 359 cm³/mol. The summed E-state index contributed by atoms with van der Waals surface area (Å²) in [5.74, 6) is 0. The Kier molecular flexibility index (Phi) is 20.2. The van der Waals surface area contributed by atoms with Gasteiger partial charge in [0.05, 0.1) is 0 Å². The Morgan fingerprint density at radius 1 is 0.317 bits per heavy atom. The Balaban J connectivity index is 0.940. The Labute approximate surface area is 498 Å². The summed E-state index contributed by atoms with van der Waals surface area (Å²) < 4.78 is 0. The van der Waals surface area contributed by atoms with Crippen molar-refractivity contribution in [3.8, 4) is 44.5 Å². The van der Waals surface area contributed by atoms with Crippen LogP contribution in [0.25, 0.3) is 44.5 Å². The van der Waals surface area contributed by atoms with Crippen molar-refractivity contribution >= 4 is 45.5 Å². The molecule has 0 radical (unpaired) electrons. The second-order valence-electron chi connectivity index (χ2n) is 23.8. The number of nitrogens with zero attached hydrogens (tertiary/aromatic N) is 2. The van der Waals surface area contributed by atoms with Gasteiger partial charge in [0, 0.05) is 39.5 Å². The number of thiophene rings is 1. The number of hydrogen-bond donors (Lipinski definition) is 0. The SMILES string of the molecule is CCCCCCCCC1(CCCCCCCC)c2cc(C)ccc2-c2ccc(-c3ccc(N(c4ccc(CCCC)cc4)c4ccc(-c5ccc(N(c6ccc(CCCC)cc6)c6ccc(-c7cscc7C)cc6)cc5)cc4)cc3)cc21. The van der Waals surface area contributed by atoms with Gasteiger partial charge in [-0.25, -0.2) is 0 Å². The fourth-order valence-electron chi connectivity index (χ4n) is 13.0. The van der Waals surface area contributed by atoms with Gasteiger partial charge in [-0.2, -0.15) is 11.3 Å².